The van der Waals surface area contributed by atoms with E-state index in [2.05, 4.69) is 0 Å². The van der Waals surface area contributed by atoms with E-state index in [1.165, 1.54) is 18.2 Å². The highest BCUT2D eigenvalue weighted by molar-refractivity contribution is 6.06. The average Bonchev–Trinajstić information content (AvgIpc) is 3.40. The average molecular weight is 383 g/mol. The van der Waals surface area contributed by atoms with E-state index in [4.69, 9.17) is 4.74 Å². The predicted octanol–water partition coefficient (Wildman–Crippen LogP) is 4.47. The second kappa shape index (κ2) is 7.54. The molecule has 2 amide bonds. The predicted molar refractivity (Wildman–Crippen MR) is 101 cm³/mol. The van der Waals surface area contributed by atoms with Crippen LogP contribution in [0.3, 0.4) is 0 Å². The number of carbonyl (C=O) groups excluding carboxylic acids is 3. The highest BCUT2D eigenvalue weighted by Crippen LogP contribution is 2.40. The van der Waals surface area contributed by atoms with Crippen LogP contribution in [0.1, 0.15) is 47.9 Å². The molecule has 0 saturated heterocycles. The standard InChI is InChI=1S/C22H22FNO4/c1-22(2,3)28-21(27)24(20(26)14-8-5-4-6-9-14)18-13-17(18)19(25)15-10-7-11-16(23)12-15/h4-12,17-18H,13H2,1-3H3. The third-order valence-electron chi connectivity index (χ3n) is 4.36. The fourth-order valence-corrected chi connectivity index (χ4v) is 3.00. The first kappa shape index (κ1) is 19.7. The lowest BCUT2D eigenvalue weighted by Crippen LogP contribution is -2.43. The Morgan fingerprint density at radius 3 is 2.25 bits per heavy atom. The number of benzene rings is 2. The quantitative estimate of drug-likeness (QED) is 0.731. The van der Waals surface area contributed by atoms with Crippen molar-refractivity contribution in [2.24, 2.45) is 5.92 Å². The maximum absolute atomic E-state index is 13.4. The molecule has 146 valence electrons. The first-order chi connectivity index (χ1) is 13.2. The van der Waals surface area contributed by atoms with Gasteiger partial charge in [0.1, 0.15) is 11.4 Å². The van der Waals surface area contributed by atoms with Gasteiger partial charge in [0.25, 0.3) is 5.91 Å². The summed E-state index contributed by atoms with van der Waals surface area (Å²) in [4.78, 5) is 39.4. The van der Waals surface area contributed by atoms with Crippen molar-refractivity contribution >= 4 is 17.8 Å². The summed E-state index contributed by atoms with van der Waals surface area (Å²) in [6, 6.07) is 13.2. The van der Waals surface area contributed by atoms with Gasteiger partial charge in [0, 0.05) is 17.0 Å². The Morgan fingerprint density at radius 1 is 1.00 bits per heavy atom. The van der Waals surface area contributed by atoms with Crippen LogP contribution < -0.4 is 0 Å². The van der Waals surface area contributed by atoms with Crippen LogP contribution in [0.4, 0.5) is 9.18 Å². The molecule has 28 heavy (non-hydrogen) atoms. The van der Waals surface area contributed by atoms with Crippen molar-refractivity contribution in [3.05, 3.63) is 71.5 Å². The fourth-order valence-electron chi connectivity index (χ4n) is 3.00. The van der Waals surface area contributed by atoms with Crippen LogP contribution in [0, 0.1) is 11.7 Å². The molecule has 1 aliphatic rings. The summed E-state index contributed by atoms with van der Waals surface area (Å²) in [5, 5.41) is 0. The Hall–Kier alpha value is -3.02. The van der Waals surface area contributed by atoms with Gasteiger partial charge in [-0.1, -0.05) is 30.3 Å². The second-order valence-electron chi connectivity index (χ2n) is 7.81. The highest BCUT2D eigenvalue weighted by Gasteiger charge is 2.52. The minimum absolute atomic E-state index is 0.226. The summed E-state index contributed by atoms with van der Waals surface area (Å²) in [6.07, 6.45) is -0.464. The van der Waals surface area contributed by atoms with E-state index >= 15 is 0 Å². The third-order valence-corrected chi connectivity index (χ3v) is 4.36. The maximum Gasteiger partial charge on any atom is 0.417 e. The molecule has 0 radical (unpaired) electrons. The zero-order valence-corrected chi connectivity index (χ0v) is 16.0. The Balaban J connectivity index is 1.85. The Kier molecular flexibility index (Phi) is 5.31. The van der Waals surface area contributed by atoms with Gasteiger partial charge in [-0.15, -0.1) is 0 Å². The largest absolute Gasteiger partial charge is 0.443 e. The number of ketones is 1. The minimum atomic E-state index is -0.791. The first-order valence-corrected chi connectivity index (χ1v) is 9.09. The number of nitrogens with zero attached hydrogens (tertiary/aromatic N) is 1. The number of halogens is 1. The first-order valence-electron chi connectivity index (χ1n) is 9.09. The lowest BCUT2D eigenvalue weighted by Gasteiger charge is -2.26. The monoisotopic (exact) mass is 383 g/mol. The van der Waals surface area contributed by atoms with Gasteiger partial charge >= 0.3 is 6.09 Å². The van der Waals surface area contributed by atoms with Gasteiger partial charge < -0.3 is 4.74 Å². The number of hydrogen-bond donors (Lipinski definition) is 0. The van der Waals surface area contributed by atoms with Crippen LogP contribution in [-0.2, 0) is 4.74 Å². The highest BCUT2D eigenvalue weighted by atomic mass is 19.1. The van der Waals surface area contributed by atoms with Crippen LogP contribution in [0.25, 0.3) is 0 Å². The van der Waals surface area contributed by atoms with Gasteiger partial charge in [-0.3, -0.25) is 9.59 Å². The number of amides is 2. The Bertz CT molecular complexity index is 904. The van der Waals surface area contributed by atoms with Crippen molar-refractivity contribution in [1.29, 1.82) is 0 Å². The topological polar surface area (TPSA) is 63.7 Å². The summed E-state index contributed by atoms with van der Waals surface area (Å²) < 4.78 is 18.8. The molecule has 0 bridgehead atoms. The molecule has 1 fully saturated rings. The van der Waals surface area contributed by atoms with Crippen molar-refractivity contribution in [1.82, 2.24) is 4.90 Å². The second-order valence-corrected chi connectivity index (χ2v) is 7.81. The molecule has 6 heteroatoms. The summed E-state index contributed by atoms with van der Waals surface area (Å²) in [5.74, 6) is -1.89. The van der Waals surface area contributed by atoms with E-state index in [1.54, 1.807) is 51.1 Å². The Morgan fingerprint density at radius 2 is 1.64 bits per heavy atom. The van der Waals surface area contributed by atoms with Crippen LogP contribution >= 0.6 is 0 Å². The summed E-state index contributed by atoms with van der Waals surface area (Å²) >= 11 is 0. The van der Waals surface area contributed by atoms with E-state index in [0.717, 1.165) is 11.0 Å². The molecule has 2 atom stereocenters. The van der Waals surface area contributed by atoms with Gasteiger partial charge in [0.15, 0.2) is 5.78 Å². The molecule has 5 nitrogen and oxygen atoms in total. The van der Waals surface area contributed by atoms with Gasteiger partial charge in [-0.25, -0.2) is 14.1 Å². The molecule has 1 aliphatic carbocycles. The van der Waals surface area contributed by atoms with Crippen LogP contribution in [-0.4, -0.2) is 34.3 Å². The molecular formula is C22H22FNO4. The van der Waals surface area contributed by atoms with Gasteiger partial charge in [0.2, 0.25) is 0 Å². The van der Waals surface area contributed by atoms with E-state index < -0.39 is 35.4 Å². The molecule has 3 rings (SSSR count). The van der Waals surface area contributed by atoms with E-state index in [1.807, 2.05) is 0 Å². The third kappa shape index (κ3) is 4.44. The number of hydrogen-bond acceptors (Lipinski definition) is 4. The van der Waals surface area contributed by atoms with Gasteiger partial charge in [-0.2, -0.15) is 0 Å². The number of carbonyl (C=O) groups is 3. The molecular weight excluding hydrogens is 361 g/mol. The molecule has 0 spiro atoms. The minimum Gasteiger partial charge on any atom is -0.443 e. The van der Waals surface area contributed by atoms with Crippen molar-refractivity contribution in [2.45, 2.75) is 38.8 Å². The zero-order valence-electron chi connectivity index (χ0n) is 16.0. The van der Waals surface area contributed by atoms with E-state index in [0.29, 0.717) is 12.0 Å². The molecule has 0 N–H and O–H groups in total. The van der Waals surface area contributed by atoms with Crippen LogP contribution in [0.2, 0.25) is 0 Å². The van der Waals surface area contributed by atoms with Gasteiger partial charge in [0.05, 0.1) is 6.04 Å². The molecule has 1 saturated carbocycles. The van der Waals surface area contributed by atoms with Crippen molar-refractivity contribution < 1.29 is 23.5 Å². The molecule has 0 heterocycles. The van der Waals surface area contributed by atoms with Crippen LogP contribution in [0.15, 0.2) is 54.6 Å². The van der Waals surface area contributed by atoms with E-state index in [-0.39, 0.29) is 11.3 Å². The molecule has 2 aromatic rings. The lowest BCUT2D eigenvalue weighted by molar-refractivity contribution is 0.0221. The number of Topliss-reactive ketones (excluding diaryl/α,β-unsaturated/α-hetero) is 1. The number of ether oxygens (including phenoxy) is 1. The zero-order chi connectivity index (χ0) is 20.5. The summed E-state index contributed by atoms with van der Waals surface area (Å²) in [6.45, 7) is 5.12. The number of imide groups is 1. The van der Waals surface area contributed by atoms with Crippen molar-refractivity contribution in [2.75, 3.05) is 0 Å². The normalized spacial score (nSPS) is 18.3. The summed E-state index contributed by atoms with van der Waals surface area (Å²) in [5.41, 5.74) is -0.232. The molecule has 0 aromatic heterocycles. The van der Waals surface area contributed by atoms with E-state index in [9.17, 15) is 18.8 Å². The van der Waals surface area contributed by atoms with Gasteiger partial charge in [-0.05, 0) is 51.5 Å². The lowest BCUT2D eigenvalue weighted by atomic mass is 10.1. The summed E-state index contributed by atoms with van der Waals surface area (Å²) in [7, 11) is 0. The Labute approximate surface area is 163 Å². The number of rotatable bonds is 4. The molecule has 2 aromatic carbocycles. The molecule has 0 aliphatic heterocycles. The van der Waals surface area contributed by atoms with Crippen molar-refractivity contribution in [3.8, 4) is 0 Å². The smallest absolute Gasteiger partial charge is 0.417 e. The van der Waals surface area contributed by atoms with Crippen molar-refractivity contribution in [3.63, 3.8) is 0 Å². The molecule has 2 unspecified atom stereocenters. The van der Waals surface area contributed by atoms with Crippen LogP contribution in [0.5, 0.6) is 0 Å². The SMILES string of the molecule is CC(C)(C)OC(=O)N(C(=O)c1ccccc1)C1CC1C(=O)c1cccc(F)c1. The maximum atomic E-state index is 13.4. The fraction of sp³-hybridized carbons (Fsp3) is 0.318.